The molecular formula is C13H20N2S. The van der Waals surface area contributed by atoms with Gasteiger partial charge in [-0.1, -0.05) is 44.1 Å². The number of para-hydroxylation sites is 1. The zero-order valence-corrected chi connectivity index (χ0v) is 10.8. The van der Waals surface area contributed by atoms with Crippen molar-refractivity contribution in [3.05, 3.63) is 29.8 Å². The van der Waals surface area contributed by atoms with Crippen LogP contribution in [0.25, 0.3) is 0 Å². The molecule has 0 saturated carbocycles. The largest absolute Gasteiger partial charge is 0.389 e. The standard InChI is InChI=1S/C13H20N2S/c1-3-4-7-10(2)15-12-9-6-5-8-11(12)13(14)16/h5-6,8-10,15H,3-4,7H2,1-2H3,(H2,14,16). The fourth-order valence-corrected chi connectivity index (χ4v) is 1.85. The molecule has 0 bridgehead atoms. The molecule has 0 spiro atoms. The highest BCUT2D eigenvalue weighted by Crippen LogP contribution is 2.17. The van der Waals surface area contributed by atoms with Crippen molar-refractivity contribution in [2.75, 3.05) is 5.32 Å². The number of benzene rings is 1. The van der Waals surface area contributed by atoms with E-state index in [0.29, 0.717) is 11.0 Å². The summed E-state index contributed by atoms with van der Waals surface area (Å²) in [5.74, 6) is 0. The van der Waals surface area contributed by atoms with E-state index in [1.165, 1.54) is 19.3 Å². The smallest absolute Gasteiger partial charge is 0.106 e. The van der Waals surface area contributed by atoms with Gasteiger partial charge in [0, 0.05) is 17.3 Å². The maximum Gasteiger partial charge on any atom is 0.106 e. The first-order valence-electron chi connectivity index (χ1n) is 5.80. The molecule has 0 fully saturated rings. The molecule has 3 heteroatoms. The first-order chi connectivity index (χ1) is 7.65. The number of anilines is 1. The molecule has 0 aliphatic heterocycles. The van der Waals surface area contributed by atoms with Crippen molar-refractivity contribution in [1.82, 2.24) is 0 Å². The predicted octanol–water partition coefficient (Wildman–Crippen LogP) is 3.31. The molecule has 2 nitrogen and oxygen atoms in total. The van der Waals surface area contributed by atoms with Crippen molar-refractivity contribution in [3.63, 3.8) is 0 Å². The third-order valence-electron chi connectivity index (χ3n) is 2.59. The third kappa shape index (κ3) is 3.81. The Kier molecular flexibility index (Phi) is 5.26. The second-order valence-electron chi connectivity index (χ2n) is 4.10. The molecule has 1 rings (SSSR count). The van der Waals surface area contributed by atoms with Crippen molar-refractivity contribution in [2.24, 2.45) is 5.73 Å². The fourth-order valence-electron chi connectivity index (χ4n) is 1.67. The summed E-state index contributed by atoms with van der Waals surface area (Å²) in [5.41, 5.74) is 7.65. The van der Waals surface area contributed by atoms with Crippen molar-refractivity contribution in [3.8, 4) is 0 Å². The Balaban J connectivity index is 2.69. The Morgan fingerprint density at radius 3 is 2.75 bits per heavy atom. The van der Waals surface area contributed by atoms with Gasteiger partial charge in [0.2, 0.25) is 0 Å². The Morgan fingerprint density at radius 1 is 1.44 bits per heavy atom. The number of hydrogen-bond acceptors (Lipinski definition) is 2. The van der Waals surface area contributed by atoms with Gasteiger partial charge in [-0.3, -0.25) is 0 Å². The van der Waals surface area contributed by atoms with Crippen molar-refractivity contribution >= 4 is 22.9 Å². The average Bonchev–Trinajstić information content (AvgIpc) is 2.27. The summed E-state index contributed by atoms with van der Waals surface area (Å²) in [5, 5.41) is 3.46. The lowest BCUT2D eigenvalue weighted by molar-refractivity contribution is 0.645. The lowest BCUT2D eigenvalue weighted by Gasteiger charge is -2.17. The third-order valence-corrected chi connectivity index (χ3v) is 2.81. The van der Waals surface area contributed by atoms with E-state index in [1.54, 1.807) is 0 Å². The first-order valence-corrected chi connectivity index (χ1v) is 6.21. The molecule has 1 atom stereocenters. The van der Waals surface area contributed by atoms with Gasteiger partial charge in [-0.2, -0.15) is 0 Å². The van der Waals surface area contributed by atoms with Crippen LogP contribution in [0.4, 0.5) is 5.69 Å². The minimum Gasteiger partial charge on any atom is -0.389 e. The molecule has 0 heterocycles. The van der Waals surface area contributed by atoms with Crippen molar-refractivity contribution in [2.45, 2.75) is 39.2 Å². The molecule has 88 valence electrons. The van der Waals surface area contributed by atoms with E-state index in [-0.39, 0.29) is 0 Å². The van der Waals surface area contributed by atoms with Crippen LogP contribution in [0.15, 0.2) is 24.3 Å². The van der Waals surface area contributed by atoms with E-state index in [4.69, 9.17) is 18.0 Å². The normalized spacial score (nSPS) is 12.1. The highest BCUT2D eigenvalue weighted by molar-refractivity contribution is 7.80. The van der Waals surface area contributed by atoms with Crippen LogP contribution in [0.5, 0.6) is 0 Å². The minimum atomic E-state index is 0.450. The Hall–Kier alpha value is -1.09. The maximum atomic E-state index is 5.68. The van der Waals surface area contributed by atoms with Crippen molar-refractivity contribution in [1.29, 1.82) is 0 Å². The van der Waals surface area contributed by atoms with Gasteiger partial charge in [-0.25, -0.2) is 0 Å². The van der Waals surface area contributed by atoms with E-state index < -0.39 is 0 Å². The predicted molar refractivity (Wildman–Crippen MR) is 74.9 cm³/mol. The van der Waals surface area contributed by atoms with Crippen molar-refractivity contribution < 1.29 is 0 Å². The highest BCUT2D eigenvalue weighted by atomic mass is 32.1. The monoisotopic (exact) mass is 236 g/mol. The number of nitrogens with two attached hydrogens (primary N) is 1. The molecule has 16 heavy (non-hydrogen) atoms. The van der Waals surface area contributed by atoms with Crippen LogP contribution < -0.4 is 11.1 Å². The second kappa shape index (κ2) is 6.48. The molecule has 0 radical (unpaired) electrons. The summed E-state index contributed by atoms with van der Waals surface area (Å²) in [6.45, 7) is 4.39. The van der Waals surface area contributed by atoms with E-state index in [1.807, 2.05) is 24.3 Å². The number of hydrogen-bond donors (Lipinski definition) is 2. The SMILES string of the molecule is CCCCC(C)Nc1ccccc1C(N)=S. The zero-order valence-electron chi connectivity index (χ0n) is 9.99. The molecule has 0 aliphatic carbocycles. The lowest BCUT2D eigenvalue weighted by Crippen LogP contribution is -2.19. The molecule has 0 amide bonds. The lowest BCUT2D eigenvalue weighted by atomic mass is 10.1. The molecule has 0 aliphatic rings. The molecule has 0 saturated heterocycles. The summed E-state index contributed by atoms with van der Waals surface area (Å²) in [6.07, 6.45) is 3.63. The van der Waals surface area contributed by atoms with Crippen LogP contribution in [-0.4, -0.2) is 11.0 Å². The van der Waals surface area contributed by atoms with E-state index >= 15 is 0 Å². The Labute approximate surface area is 103 Å². The summed E-state index contributed by atoms with van der Waals surface area (Å²) in [4.78, 5) is 0.450. The van der Waals surface area contributed by atoms with Gasteiger partial charge in [0.1, 0.15) is 4.99 Å². The number of unbranched alkanes of at least 4 members (excludes halogenated alkanes) is 1. The van der Waals surface area contributed by atoms with Gasteiger partial charge >= 0.3 is 0 Å². The second-order valence-corrected chi connectivity index (χ2v) is 4.54. The minimum absolute atomic E-state index is 0.450. The molecule has 1 unspecified atom stereocenters. The van der Waals surface area contributed by atoms with E-state index in [9.17, 15) is 0 Å². The van der Waals surface area contributed by atoms with Gasteiger partial charge < -0.3 is 11.1 Å². The summed E-state index contributed by atoms with van der Waals surface area (Å²) < 4.78 is 0. The molecule has 0 aromatic heterocycles. The van der Waals surface area contributed by atoms with Crippen LogP contribution in [0.3, 0.4) is 0 Å². The summed E-state index contributed by atoms with van der Waals surface area (Å²) in [7, 11) is 0. The van der Waals surface area contributed by atoms with Gasteiger partial charge in [-0.15, -0.1) is 0 Å². The molecular weight excluding hydrogens is 216 g/mol. The van der Waals surface area contributed by atoms with Crippen LogP contribution in [0.2, 0.25) is 0 Å². The summed E-state index contributed by atoms with van der Waals surface area (Å²) >= 11 is 5.03. The summed E-state index contributed by atoms with van der Waals surface area (Å²) in [6, 6.07) is 8.39. The molecule has 1 aromatic rings. The fraction of sp³-hybridized carbons (Fsp3) is 0.462. The van der Waals surface area contributed by atoms with Gasteiger partial charge in [0.05, 0.1) is 0 Å². The number of nitrogens with one attached hydrogen (secondary N) is 1. The van der Waals surface area contributed by atoms with E-state index in [0.717, 1.165) is 11.3 Å². The number of rotatable bonds is 6. The van der Waals surface area contributed by atoms with Crippen LogP contribution in [-0.2, 0) is 0 Å². The highest BCUT2D eigenvalue weighted by Gasteiger charge is 2.06. The van der Waals surface area contributed by atoms with Gasteiger partial charge in [0.25, 0.3) is 0 Å². The Bertz CT molecular complexity index is 350. The van der Waals surface area contributed by atoms with Crippen LogP contribution in [0.1, 0.15) is 38.7 Å². The van der Waals surface area contributed by atoms with E-state index in [2.05, 4.69) is 19.2 Å². The molecule has 3 N–H and O–H groups in total. The Morgan fingerprint density at radius 2 is 2.12 bits per heavy atom. The quantitative estimate of drug-likeness (QED) is 0.744. The topological polar surface area (TPSA) is 38.0 Å². The van der Waals surface area contributed by atoms with Gasteiger partial charge in [0.15, 0.2) is 0 Å². The average molecular weight is 236 g/mol. The molecule has 1 aromatic carbocycles. The zero-order chi connectivity index (χ0) is 12.0. The van der Waals surface area contributed by atoms with Crippen LogP contribution in [0, 0.1) is 0 Å². The van der Waals surface area contributed by atoms with Gasteiger partial charge in [-0.05, 0) is 25.5 Å². The maximum absolute atomic E-state index is 5.68. The van der Waals surface area contributed by atoms with Crippen LogP contribution >= 0.6 is 12.2 Å². The first kappa shape index (κ1) is 13.0. The number of thiocarbonyl (C=S) groups is 1.